The molecule has 30 heavy (non-hydrogen) atoms. The van der Waals surface area contributed by atoms with Gasteiger partial charge in [0, 0.05) is 19.6 Å². The zero-order valence-corrected chi connectivity index (χ0v) is 18.3. The Bertz CT molecular complexity index is 962. The van der Waals surface area contributed by atoms with Crippen LogP contribution < -0.4 is 14.2 Å². The van der Waals surface area contributed by atoms with Gasteiger partial charge in [0.25, 0.3) is 0 Å². The van der Waals surface area contributed by atoms with Crippen molar-refractivity contribution < 1.29 is 26.5 Å². The molecule has 0 saturated heterocycles. The molecule has 0 aromatic heterocycles. The van der Waals surface area contributed by atoms with Crippen LogP contribution in [0.4, 0.5) is 9.18 Å². The fourth-order valence-corrected chi connectivity index (χ4v) is 3.73. The molecule has 0 atom stereocenters. The van der Waals surface area contributed by atoms with E-state index >= 15 is 0 Å². The van der Waals surface area contributed by atoms with Gasteiger partial charge in [-0.15, -0.1) is 0 Å². The summed E-state index contributed by atoms with van der Waals surface area (Å²) >= 11 is 0. The number of ether oxygens (including phenoxy) is 1. The SMILES string of the molecule is CCNC(=O)N(Cc1ccc(OC)c(OS(=O)(=O)c2ccc(F)cc2)c1)CC(C)C. The number of nitrogens with zero attached hydrogens (tertiary/aromatic N) is 1. The molecule has 0 unspecified atom stereocenters. The van der Waals surface area contributed by atoms with Crippen molar-refractivity contribution in [3.8, 4) is 11.5 Å². The van der Waals surface area contributed by atoms with E-state index in [2.05, 4.69) is 5.32 Å². The lowest BCUT2D eigenvalue weighted by atomic mass is 10.1. The van der Waals surface area contributed by atoms with E-state index in [4.69, 9.17) is 8.92 Å². The summed E-state index contributed by atoms with van der Waals surface area (Å²) in [5.41, 5.74) is 0.673. The monoisotopic (exact) mass is 438 g/mol. The Morgan fingerprint density at radius 1 is 1.13 bits per heavy atom. The van der Waals surface area contributed by atoms with Crippen molar-refractivity contribution in [1.29, 1.82) is 0 Å². The van der Waals surface area contributed by atoms with Crippen molar-refractivity contribution in [3.63, 3.8) is 0 Å². The minimum Gasteiger partial charge on any atom is -0.493 e. The third kappa shape index (κ3) is 6.35. The summed E-state index contributed by atoms with van der Waals surface area (Å²) in [7, 11) is -2.80. The number of benzene rings is 2. The first-order chi connectivity index (χ1) is 14.2. The largest absolute Gasteiger partial charge is 0.493 e. The van der Waals surface area contributed by atoms with Crippen molar-refractivity contribution in [2.45, 2.75) is 32.2 Å². The lowest BCUT2D eigenvalue weighted by Crippen LogP contribution is -2.41. The zero-order valence-electron chi connectivity index (χ0n) is 17.5. The van der Waals surface area contributed by atoms with Crippen LogP contribution in [0.5, 0.6) is 11.5 Å². The quantitative estimate of drug-likeness (QED) is 0.602. The molecule has 0 bridgehead atoms. The maximum absolute atomic E-state index is 13.1. The van der Waals surface area contributed by atoms with E-state index in [9.17, 15) is 17.6 Å². The molecular weight excluding hydrogens is 411 g/mol. The van der Waals surface area contributed by atoms with E-state index in [0.29, 0.717) is 18.7 Å². The van der Waals surface area contributed by atoms with E-state index in [1.165, 1.54) is 13.2 Å². The highest BCUT2D eigenvalue weighted by Gasteiger charge is 2.21. The van der Waals surface area contributed by atoms with Gasteiger partial charge in [0.2, 0.25) is 0 Å². The van der Waals surface area contributed by atoms with Gasteiger partial charge in [0.15, 0.2) is 11.5 Å². The summed E-state index contributed by atoms with van der Waals surface area (Å²) in [4.78, 5) is 13.8. The molecule has 0 aliphatic rings. The van der Waals surface area contributed by atoms with Crippen molar-refractivity contribution >= 4 is 16.1 Å². The fourth-order valence-electron chi connectivity index (χ4n) is 2.80. The van der Waals surface area contributed by atoms with Crippen LogP contribution in [0.3, 0.4) is 0 Å². The third-order valence-electron chi connectivity index (χ3n) is 4.10. The van der Waals surface area contributed by atoms with E-state index < -0.39 is 15.9 Å². The summed E-state index contributed by atoms with van der Waals surface area (Å²) < 4.78 is 48.8. The molecule has 2 aromatic rings. The van der Waals surface area contributed by atoms with Crippen LogP contribution in [0, 0.1) is 11.7 Å². The van der Waals surface area contributed by atoms with Crippen LogP contribution in [0.25, 0.3) is 0 Å². The number of rotatable bonds is 9. The minimum absolute atomic E-state index is 0.0141. The van der Waals surface area contributed by atoms with E-state index in [-0.39, 0.29) is 34.9 Å². The van der Waals surface area contributed by atoms with Gasteiger partial charge in [-0.05, 0) is 54.8 Å². The average molecular weight is 439 g/mol. The highest BCUT2D eigenvalue weighted by atomic mass is 32.2. The Morgan fingerprint density at radius 3 is 2.37 bits per heavy atom. The molecule has 1 N–H and O–H groups in total. The third-order valence-corrected chi connectivity index (χ3v) is 5.35. The number of carbonyl (C=O) groups is 1. The number of carbonyl (C=O) groups excluding carboxylic acids is 1. The van der Waals surface area contributed by atoms with Crippen molar-refractivity contribution in [2.75, 3.05) is 20.2 Å². The predicted octanol–water partition coefficient (Wildman–Crippen LogP) is 3.79. The first-order valence-electron chi connectivity index (χ1n) is 9.56. The Morgan fingerprint density at radius 2 is 1.80 bits per heavy atom. The highest BCUT2D eigenvalue weighted by molar-refractivity contribution is 7.87. The van der Waals surface area contributed by atoms with Gasteiger partial charge in [-0.3, -0.25) is 0 Å². The molecule has 0 aliphatic carbocycles. The van der Waals surface area contributed by atoms with Crippen LogP contribution in [-0.4, -0.2) is 39.5 Å². The number of urea groups is 1. The van der Waals surface area contributed by atoms with E-state index in [1.54, 1.807) is 17.0 Å². The maximum Gasteiger partial charge on any atom is 0.339 e. The number of methoxy groups -OCH3 is 1. The van der Waals surface area contributed by atoms with Crippen LogP contribution in [0.15, 0.2) is 47.4 Å². The molecule has 0 heterocycles. The lowest BCUT2D eigenvalue weighted by molar-refractivity contribution is 0.188. The van der Waals surface area contributed by atoms with Gasteiger partial charge in [-0.25, -0.2) is 9.18 Å². The van der Waals surface area contributed by atoms with E-state index in [0.717, 1.165) is 24.3 Å². The van der Waals surface area contributed by atoms with Crippen molar-refractivity contribution in [2.24, 2.45) is 5.92 Å². The number of nitrogens with one attached hydrogen (secondary N) is 1. The average Bonchev–Trinajstić information content (AvgIpc) is 2.67. The highest BCUT2D eigenvalue weighted by Crippen LogP contribution is 2.31. The summed E-state index contributed by atoms with van der Waals surface area (Å²) in [6, 6.07) is 8.97. The van der Waals surface area contributed by atoms with Crippen LogP contribution >= 0.6 is 0 Å². The Labute approximate surface area is 176 Å². The number of hydrogen-bond donors (Lipinski definition) is 1. The first-order valence-corrected chi connectivity index (χ1v) is 11.0. The summed E-state index contributed by atoms with van der Waals surface area (Å²) in [5, 5.41) is 2.78. The van der Waals surface area contributed by atoms with E-state index in [1.807, 2.05) is 20.8 Å². The topological polar surface area (TPSA) is 84.9 Å². The summed E-state index contributed by atoms with van der Waals surface area (Å²) in [6.07, 6.45) is 0. The van der Waals surface area contributed by atoms with Gasteiger partial charge in [-0.2, -0.15) is 8.42 Å². The molecule has 2 aromatic carbocycles. The molecule has 2 rings (SSSR count). The van der Waals surface area contributed by atoms with Gasteiger partial charge in [0.05, 0.1) is 7.11 Å². The zero-order chi connectivity index (χ0) is 22.3. The second-order valence-electron chi connectivity index (χ2n) is 7.09. The minimum atomic E-state index is -4.19. The molecule has 0 radical (unpaired) electrons. The molecule has 0 aliphatic heterocycles. The van der Waals surface area contributed by atoms with Crippen LogP contribution in [-0.2, 0) is 16.7 Å². The number of hydrogen-bond acceptors (Lipinski definition) is 5. The normalized spacial score (nSPS) is 11.3. The molecule has 0 spiro atoms. The van der Waals surface area contributed by atoms with Crippen LogP contribution in [0.1, 0.15) is 26.3 Å². The van der Waals surface area contributed by atoms with Crippen molar-refractivity contribution in [1.82, 2.24) is 10.2 Å². The Hall–Kier alpha value is -2.81. The van der Waals surface area contributed by atoms with Gasteiger partial charge >= 0.3 is 16.1 Å². The van der Waals surface area contributed by atoms with Gasteiger partial charge < -0.3 is 19.1 Å². The van der Waals surface area contributed by atoms with Gasteiger partial charge in [0.1, 0.15) is 10.7 Å². The van der Waals surface area contributed by atoms with Gasteiger partial charge in [-0.1, -0.05) is 19.9 Å². The standard InChI is InChI=1S/C21H27FN2O5S/c1-5-23-21(25)24(13-15(2)3)14-16-6-11-19(28-4)20(12-16)29-30(26,27)18-9-7-17(22)8-10-18/h6-12,15H,5,13-14H2,1-4H3,(H,23,25). The number of amides is 2. The molecule has 2 amide bonds. The summed E-state index contributed by atoms with van der Waals surface area (Å²) in [5.74, 6) is -0.0952. The number of halogens is 1. The second kappa shape index (κ2) is 10.3. The first kappa shape index (κ1) is 23.5. The Kier molecular flexibility index (Phi) is 8.05. The van der Waals surface area contributed by atoms with Crippen molar-refractivity contribution in [3.05, 3.63) is 53.8 Å². The lowest BCUT2D eigenvalue weighted by Gasteiger charge is -2.25. The fraction of sp³-hybridized carbons (Fsp3) is 0.381. The molecule has 0 saturated carbocycles. The smallest absolute Gasteiger partial charge is 0.339 e. The summed E-state index contributed by atoms with van der Waals surface area (Å²) in [6.45, 7) is 7.14. The molecule has 164 valence electrons. The molecule has 0 fully saturated rings. The second-order valence-corrected chi connectivity index (χ2v) is 8.63. The molecular formula is C21H27FN2O5S. The molecule has 9 heteroatoms. The van der Waals surface area contributed by atoms with Crippen LogP contribution in [0.2, 0.25) is 0 Å². The Balaban J connectivity index is 2.31. The molecule has 7 nitrogen and oxygen atoms in total. The predicted molar refractivity (Wildman–Crippen MR) is 112 cm³/mol. The maximum atomic E-state index is 13.1.